The van der Waals surface area contributed by atoms with E-state index in [0.29, 0.717) is 40.2 Å². The van der Waals surface area contributed by atoms with Gasteiger partial charge in [-0.3, -0.25) is 9.59 Å². The van der Waals surface area contributed by atoms with E-state index in [1.54, 1.807) is 30.2 Å². The number of aromatic nitrogens is 3. The summed E-state index contributed by atoms with van der Waals surface area (Å²) in [6.45, 7) is 2.35. The average molecular weight is 407 g/mol. The Kier molecular flexibility index (Phi) is 4.49. The van der Waals surface area contributed by atoms with E-state index in [-0.39, 0.29) is 29.7 Å². The van der Waals surface area contributed by atoms with Gasteiger partial charge in [0.25, 0.3) is 11.8 Å². The lowest BCUT2D eigenvalue weighted by Gasteiger charge is -2.25. The molecule has 1 saturated carbocycles. The van der Waals surface area contributed by atoms with Crippen LogP contribution in [-0.4, -0.2) is 44.3 Å². The molecule has 0 spiro atoms. The number of likely N-dealkylation sites (tertiary alicyclic amines) is 1. The Balaban J connectivity index is 1.47. The van der Waals surface area contributed by atoms with Crippen molar-refractivity contribution in [3.05, 3.63) is 59.1 Å². The van der Waals surface area contributed by atoms with Crippen LogP contribution in [0.25, 0.3) is 10.9 Å². The Hall–Kier alpha value is -3.29. The molecule has 154 valence electrons. The van der Waals surface area contributed by atoms with Crippen LogP contribution in [0.2, 0.25) is 0 Å². The normalized spacial score (nSPS) is 18.7. The number of hydrogen-bond donors (Lipinski definition) is 2. The largest absolute Gasteiger partial charge is 0.351 e. The van der Waals surface area contributed by atoms with Crippen LogP contribution in [0.15, 0.2) is 30.5 Å². The van der Waals surface area contributed by atoms with E-state index in [0.717, 1.165) is 25.7 Å². The molecule has 1 aliphatic heterocycles. The van der Waals surface area contributed by atoms with Crippen LogP contribution in [0.1, 0.15) is 64.1 Å². The quantitative estimate of drug-likeness (QED) is 0.694. The second-order valence-electron chi connectivity index (χ2n) is 8.04. The monoisotopic (exact) mass is 407 g/mol. The molecule has 7 nitrogen and oxygen atoms in total. The number of rotatable bonds is 4. The highest BCUT2D eigenvalue weighted by molar-refractivity contribution is 5.99. The van der Waals surface area contributed by atoms with Gasteiger partial charge >= 0.3 is 0 Å². The Morgan fingerprint density at radius 2 is 2.07 bits per heavy atom. The van der Waals surface area contributed by atoms with Crippen LogP contribution in [0.3, 0.4) is 0 Å². The van der Waals surface area contributed by atoms with E-state index >= 15 is 0 Å². The number of halogens is 1. The minimum atomic E-state index is -0.345. The van der Waals surface area contributed by atoms with Gasteiger partial charge in [-0.05, 0) is 56.9 Å². The summed E-state index contributed by atoms with van der Waals surface area (Å²) in [7, 11) is 0. The third-order valence-corrected chi connectivity index (χ3v) is 5.74. The first-order valence-electron chi connectivity index (χ1n) is 10.2. The predicted octanol–water partition coefficient (Wildman–Crippen LogP) is 3.27. The van der Waals surface area contributed by atoms with Gasteiger partial charge in [0.1, 0.15) is 17.3 Å². The number of carbonyl (C=O) groups excluding carboxylic acids is 2. The Morgan fingerprint density at radius 1 is 1.23 bits per heavy atom. The third-order valence-electron chi connectivity index (χ3n) is 5.74. The van der Waals surface area contributed by atoms with E-state index in [9.17, 15) is 14.0 Å². The van der Waals surface area contributed by atoms with Crippen molar-refractivity contribution in [1.29, 1.82) is 0 Å². The number of nitrogens with one attached hydrogen (secondary N) is 2. The number of aromatic amines is 1. The lowest BCUT2D eigenvalue weighted by molar-refractivity contribution is 0.0724. The molecular formula is C22H22FN5O2. The first-order valence-corrected chi connectivity index (χ1v) is 10.2. The van der Waals surface area contributed by atoms with Gasteiger partial charge in [-0.1, -0.05) is 0 Å². The number of aryl methyl sites for hydroxylation is 1. The van der Waals surface area contributed by atoms with E-state index in [1.165, 1.54) is 12.1 Å². The molecule has 5 rings (SSSR count). The minimum Gasteiger partial charge on any atom is -0.351 e. The summed E-state index contributed by atoms with van der Waals surface area (Å²) < 4.78 is 13.5. The number of H-pyrrole nitrogens is 1. The molecule has 2 aromatic heterocycles. The zero-order valence-electron chi connectivity index (χ0n) is 16.6. The summed E-state index contributed by atoms with van der Waals surface area (Å²) >= 11 is 0. The maximum Gasteiger partial charge on any atom is 0.270 e. The molecule has 1 aromatic carbocycles. The molecule has 1 aliphatic carbocycles. The molecule has 3 aromatic rings. The van der Waals surface area contributed by atoms with E-state index in [2.05, 4.69) is 20.3 Å². The smallest absolute Gasteiger partial charge is 0.270 e. The van der Waals surface area contributed by atoms with Gasteiger partial charge in [0, 0.05) is 29.7 Å². The van der Waals surface area contributed by atoms with Crippen molar-refractivity contribution in [2.24, 2.45) is 0 Å². The van der Waals surface area contributed by atoms with Gasteiger partial charge < -0.3 is 15.2 Å². The number of amides is 2. The molecular weight excluding hydrogens is 385 g/mol. The molecule has 0 radical (unpaired) electrons. The SMILES string of the molecule is Cc1ncc(C(=O)NC2CC2)c(C2CCCN2C(=O)c2cc3cc(F)ccc3[nH]2)n1. The molecule has 1 saturated heterocycles. The fourth-order valence-electron chi connectivity index (χ4n) is 4.07. The second-order valence-corrected chi connectivity index (χ2v) is 8.04. The Labute approximate surface area is 172 Å². The molecule has 2 N–H and O–H groups in total. The highest BCUT2D eigenvalue weighted by atomic mass is 19.1. The number of nitrogens with zero attached hydrogens (tertiary/aromatic N) is 3. The number of benzene rings is 1. The third kappa shape index (κ3) is 3.42. The summed E-state index contributed by atoms with van der Waals surface area (Å²) in [6.07, 6.45) is 5.08. The van der Waals surface area contributed by atoms with E-state index < -0.39 is 0 Å². The molecule has 30 heavy (non-hydrogen) atoms. The van der Waals surface area contributed by atoms with Gasteiger partial charge in [0.05, 0.1) is 17.3 Å². The van der Waals surface area contributed by atoms with Crippen LogP contribution in [-0.2, 0) is 0 Å². The predicted molar refractivity (Wildman–Crippen MR) is 109 cm³/mol. The van der Waals surface area contributed by atoms with Crippen molar-refractivity contribution >= 4 is 22.7 Å². The van der Waals surface area contributed by atoms with Crippen LogP contribution in [0.4, 0.5) is 4.39 Å². The van der Waals surface area contributed by atoms with Crippen molar-refractivity contribution in [3.63, 3.8) is 0 Å². The van der Waals surface area contributed by atoms with Gasteiger partial charge in [-0.2, -0.15) is 0 Å². The molecule has 8 heteroatoms. The van der Waals surface area contributed by atoms with Crippen LogP contribution in [0, 0.1) is 12.7 Å². The summed E-state index contributed by atoms with van der Waals surface area (Å²) in [4.78, 5) is 39.6. The zero-order valence-corrected chi connectivity index (χ0v) is 16.6. The lowest BCUT2D eigenvalue weighted by Crippen LogP contribution is -2.34. The standard InChI is InChI=1S/C22H22FN5O2/c1-12-24-11-16(21(29)26-15-5-6-15)20(25-12)19-3-2-8-28(19)22(30)18-10-13-9-14(23)4-7-17(13)27-18/h4,7,9-11,15,19,27H,2-3,5-6,8H2,1H3,(H,26,29). The molecule has 1 atom stereocenters. The van der Waals surface area contributed by atoms with Gasteiger partial charge in [-0.15, -0.1) is 0 Å². The summed E-state index contributed by atoms with van der Waals surface area (Å²) in [5.41, 5.74) is 2.12. The highest BCUT2D eigenvalue weighted by Gasteiger charge is 2.36. The summed E-state index contributed by atoms with van der Waals surface area (Å²) in [5.74, 6) is -0.150. The fraction of sp³-hybridized carbons (Fsp3) is 0.364. The topological polar surface area (TPSA) is 91.0 Å². The minimum absolute atomic E-state index is 0.182. The highest BCUT2D eigenvalue weighted by Crippen LogP contribution is 2.34. The molecule has 2 amide bonds. The molecule has 2 fully saturated rings. The zero-order chi connectivity index (χ0) is 20.8. The van der Waals surface area contributed by atoms with Crippen molar-refractivity contribution in [3.8, 4) is 0 Å². The molecule has 1 unspecified atom stereocenters. The van der Waals surface area contributed by atoms with Gasteiger partial charge in [-0.25, -0.2) is 14.4 Å². The van der Waals surface area contributed by atoms with Crippen LogP contribution < -0.4 is 5.32 Å². The molecule has 2 aliphatic rings. The molecule has 0 bridgehead atoms. The van der Waals surface area contributed by atoms with Crippen molar-refractivity contribution in [1.82, 2.24) is 25.2 Å². The van der Waals surface area contributed by atoms with Gasteiger partial charge in [0.15, 0.2) is 0 Å². The average Bonchev–Trinajstić information content (AvgIpc) is 3.24. The van der Waals surface area contributed by atoms with E-state index in [1.807, 2.05) is 0 Å². The Morgan fingerprint density at radius 3 is 2.87 bits per heavy atom. The Bertz CT molecular complexity index is 1150. The van der Waals surface area contributed by atoms with Crippen molar-refractivity contribution < 1.29 is 14.0 Å². The van der Waals surface area contributed by atoms with Crippen molar-refractivity contribution in [2.45, 2.75) is 44.7 Å². The first kappa shape index (κ1) is 18.7. The first-order chi connectivity index (χ1) is 14.5. The van der Waals surface area contributed by atoms with E-state index in [4.69, 9.17) is 0 Å². The number of fused-ring (bicyclic) bond motifs is 1. The maximum absolute atomic E-state index is 13.5. The van der Waals surface area contributed by atoms with Crippen LogP contribution in [0.5, 0.6) is 0 Å². The summed E-state index contributed by atoms with van der Waals surface area (Å²) in [5, 5.41) is 3.64. The molecule has 3 heterocycles. The summed E-state index contributed by atoms with van der Waals surface area (Å²) in [6, 6.07) is 5.97. The second kappa shape index (κ2) is 7.19. The van der Waals surface area contributed by atoms with Gasteiger partial charge in [0.2, 0.25) is 0 Å². The maximum atomic E-state index is 13.5. The lowest BCUT2D eigenvalue weighted by atomic mass is 10.0. The number of hydrogen-bond acceptors (Lipinski definition) is 4. The fourth-order valence-corrected chi connectivity index (χ4v) is 4.07. The van der Waals surface area contributed by atoms with Crippen molar-refractivity contribution in [2.75, 3.05) is 6.54 Å². The number of carbonyl (C=O) groups is 2. The van der Waals surface area contributed by atoms with Crippen LogP contribution >= 0.6 is 0 Å².